The van der Waals surface area contributed by atoms with E-state index in [9.17, 15) is 9.18 Å². The minimum Gasteiger partial charge on any atom is -0.443 e. The van der Waals surface area contributed by atoms with E-state index < -0.39 is 0 Å². The molecule has 3 heterocycles. The van der Waals surface area contributed by atoms with E-state index in [4.69, 9.17) is 4.42 Å². The lowest BCUT2D eigenvalue weighted by atomic mass is 10.0. The van der Waals surface area contributed by atoms with Crippen LogP contribution in [-0.4, -0.2) is 32.3 Å². The zero-order chi connectivity index (χ0) is 18.6. The smallest absolute Gasteiger partial charge is 0.257 e. The van der Waals surface area contributed by atoms with E-state index in [-0.39, 0.29) is 17.8 Å². The fourth-order valence-electron chi connectivity index (χ4n) is 3.41. The Balaban J connectivity index is 1.54. The van der Waals surface area contributed by atoms with Gasteiger partial charge < -0.3 is 9.32 Å². The van der Waals surface area contributed by atoms with E-state index >= 15 is 0 Å². The predicted molar refractivity (Wildman–Crippen MR) is 95.4 cm³/mol. The average molecular weight is 366 g/mol. The molecule has 1 saturated heterocycles. The van der Waals surface area contributed by atoms with Gasteiger partial charge in [-0.3, -0.25) is 4.79 Å². The lowest BCUT2D eigenvalue weighted by molar-refractivity contribution is 0.0569. The van der Waals surface area contributed by atoms with E-state index in [2.05, 4.69) is 15.0 Å². The van der Waals surface area contributed by atoms with Gasteiger partial charge in [0.15, 0.2) is 0 Å². The lowest BCUT2D eigenvalue weighted by Gasteiger charge is -2.33. The Morgan fingerprint density at radius 1 is 1.22 bits per heavy atom. The van der Waals surface area contributed by atoms with Gasteiger partial charge in [0.05, 0.1) is 11.8 Å². The second kappa shape index (κ2) is 7.65. The number of nitrogens with zero attached hydrogens (tertiary/aromatic N) is 4. The van der Waals surface area contributed by atoms with Crippen LogP contribution in [-0.2, 0) is 6.42 Å². The highest BCUT2D eigenvalue weighted by atomic mass is 19.1. The minimum atomic E-state index is -0.277. The van der Waals surface area contributed by atoms with Crippen LogP contribution in [0.15, 0.2) is 53.6 Å². The van der Waals surface area contributed by atoms with E-state index in [0.717, 1.165) is 24.8 Å². The van der Waals surface area contributed by atoms with Crippen molar-refractivity contribution in [2.75, 3.05) is 6.54 Å². The molecule has 0 unspecified atom stereocenters. The Bertz CT molecular complexity index is 928. The highest BCUT2D eigenvalue weighted by molar-refractivity contribution is 5.93. The molecule has 0 radical (unpaired) electrons. The number of rotatable bonds is 4. The maximum atomic E-state index is 13.4. The molecule has 2 aromatic heterocycles. The van der Waals surface area contributed by atoms with E-state index in [1.54, 1.807) is 17.2 Å². The van der Waals surface area contributed by atoms with Crippen molar-refractivity contribution in [1.29, 1.82) is 0 Å². The normalized spacial score (nSPS) is 17.1. The summed E-state index contributed by atoms with van der Waals surface area (Å²) in [4.78, 5) is 26.9. The third kappa shape index (κ3) is 3.86. The average Bonchev–Trinajstić information content (AvgIpc) is 3.16. The molecule has 1 aliphatic rings. The van der Waals surface area contributed by atoms with Gasteiger partial charge in [-0.15, -0.1) is 0 Å². The van der Waals surface area contributed by atoms with Gasteiger partial charge in [0.25, 0.3) is 5.91 Å². The number of carbonyl (C=O) groups is 1. The standard InChI is InChI=1S/C20H19FN4O2/c21-16-5-3-4-14(8-16)9-17-12-24-19(27-17)18-6-1-2-7-25(18)20(26)15-10-22-13-23-11-15/h3-5,8,10-13,18H,1-2,6-7,9H2/t18-/m1/s1. The van der Waals surface area contributed by atoms with E-state index in [1.807, 2.05) is 6.07 Å². The number of aromatic nitrogens is 3. The monoisotopic (exact) mass is 366 g/mol. The van der Waals surface area contributed by atoms with Crippen molar-refractivity contribution in [3.05, 3.63) is 77.8 Å². The Kier molecular flexibility index (Phi) is 4.91. The lowest BCUT2D eigenvalue weighted by Crippen LogP contribution is -2.38. The number of benzene rings is 1. The minimum absolute atomic E-state index is 0.120. The molecule has 0 aliphatic carbocycles. The molecule has 0 bridgehead atoms. The van der Waals surface area contributed by atoms with Crippen molar-refractivity contribution < 1.29 is 13.6 Å². The Morgan fingerprint density at radius 3 is 2.89 bits per heavy atom. The molecular weight excluding hydrogens is 347 g/mol. The molecule has 138 valence electrons. The molecule has 7 heteroatoms. The molecule has 1 aromatic carbocycles. The molecule has 1 fully saturated rings. The van der Waals surface area contributed by atoms with Gasteiger partial charge in [0.1, 0.15) is 23.9 Å². The highest BCUT2D eigenvalue weighted by Crippen LogP contribution is 2.32. The van der Waals surface area contributed by atoms with Crippen molar-refractivity contribution in [3.63, 3.8) is 0 Å². The Morgan fingerprint density at radius 2 is 2.07 bits per heavy atom. The van der Waals surface area contributed by atoms with Crippen LogP contribution < -0.4 is 0 Å². The number of oxazole rings is 1. The number of halogens is 1. The molecule has 1 amide bonds. The van der Waals surface area contributed by atoms with Crippen molar-refractivity contribution >= 4 is 5.91 Å². The van der Waals surface area contributed by atoms with Gasteiger partial charge in [-0.25, -0.2) is 19.3 Å². The van der Waals surface area contributed by atoms with Crippen LogP contribution in [0.5, 0.6) is 0 Å². The summed E-state index contributed by atoms with van der Waals surface area (Å²) in [7, 11) is 0. The highest BCUT2D eigenvalue weighted by Gasteiger charge is 2.32. The van der Waals surface area contributed by atoms with Crippen LogP contribution in [0.25, 0.3) is 0 Å². The molecule has 6 nitrogen and oxygen atoms in total. The van der Waals surface area contributed by atoms with Crippen molar-refractivity contribution in [1.82, 2.24) is 19.9 Å². The first kappa shape index (κ1) is 17.3. The zero-order valence-electron chi connectivity index (χ0n) is 14.7. The van der Waals surface area contributed by atoms with Crippen LogP contribution in [0.4, 0.5) is 4.39 Å². The first-order valence-electron chi connectivity index (χ1n) is 8.96. The van der Waals surface area contributed by atoms with Crippen LogP contribution in [0.3, 0.4) is 0 Å². The maximum Gasteiger partial charge on any atom is 0.257 e. The van der Waals surface area contributed by atoms with Gasteiger partial charge in [0.2, 0.25) is 5.89 Å². The van der Waals surface area contributed by atoms with Crippen molar-refractivity contribution in [2.24, 2.45) is 0 Å². The summed E-state index contributed by atoms with van der Waals surface area (Å²) < 4.78 is 19.3. The van der Waals surface area contributed by atoms with Crippen LogP contribution >= 0.6 is 0 Å². The van der Waals surface area contributed by atoms with Gasteiger partial charge in [-0.1, -0.05) is 12.1 Å². The molecule has 0 saturated carbocycles. The number of likely N-dealkylation sites (tertiary alicyclic amines) is 1. The first-order valence-corrected chi connectivity index (χ1v) is 8.96. The number of amides is 1. The van der Waals surface area contributed by atoms with Crippen molar-refractivity contribution in [3.8, 4) is 0 Å². The summed E-state index contributed by atoms with van der Waals surface area (Å²) in [6, 6.07) is 6.19. The Hall–Kier alpha value is -3.09. The molecule has 1 aliphatic heterocycles. The predicted octanol–water partition coefficient (Wildman–Crippen LogP) is 3.56. The molecular formula is C20H19FN4O2. The third-order valence-electron chi connectivity index (χ3n) is 4.70. The molecule has 1 atom stereocenters. The van der Waals surface area contributed by atoms with E-state index in [0.29, 0.717) is 30.2 Å². The Labute approximate surface area is 156 Å². The second-order valence-corrected chi connectivity index (χ2v) is 6.61. The summed E-state index contributed by atoms with van der Waals surface area (Å²) in [5, 5.41) is 0. The largest absolute Gasteiger partial charge is 0.443 e. The molecule has 27 heavy (non-hydrogen) atoms. The maximum absolute atomic E-state index is 13.4. The quantitative estimate of drug-likeness (QED) is 0.706. The van der Waals surface area contributed by atoms with Gasteiger partial charge in [-0.2, -0.15) is 0 Å². The van der Waals surface area contributed by atoms with Gasteiger partial charge >= 0.3 is 0 Å². The number of carbonyl (C=O) groups excluding carboxylic acids is 1. The third-order valence-corrected chi connectivity index (χ3v) is 4.70. The summed E-state index contributed by atoms with van der Waals surface area (Å²) in [6.07, 6.45) is 9.28. The van der Waals surface area contributed by atoms with Crippen LogP contribution in [0, 0.1) is 5.82 Å². The zero-order valence-corrected chi connectivity index (χ0v) is 14.7. The summed E-state index contributed by atoms with van der Waals surface area (Å²) in [6.45, 7) is 0.639. The fraction of sp³-hybridized carbons (Fsp3) is 0.300. The van der Waals surface area contributed by atoms with E-state index in [1.165, 1.54) is 30.9 Å². The number of hydrogen-bond acceptors (Lipinski definition) is 5. The molecule has 0 spiro atoms. The van der Waals surface area contributed by atoms with Crippen LogP contribution in [0.1, 0.15) is 52.9 Å². The number of piperidine rings is 1. The molecule has 4 rings (SSSR count). The summed E-state index contributed by atoms with van der Waals surface area (Å²) in [5.41, 5.74) is 1.27. The van der Waals surface area contributed by atoms with Gasteiger partial charge in [-0.05, 0) is 37.0 Å². The van der Waals surface area contributed by atoms with Gasteiger partial charge in [0, 0.05) is 25.4 Å². The first-order chi connectivity index (χ1) is 13.2. The fourth-order valence-corrected chi connectivity index (χ4v) is 3.41. The van der Waals surface area contributed by atoms with Crippen LogP contribution in [0.2, 0.25) is 0 Å². The molecule has 3 aromatic rings. The topological polar surface area (TPSA) is 72.1 Å². The SMILES string of the molecule is O=C(c1cncnc1)N1CCCC[C@@H]1c1ncc(Cc2cccc(F)c2)o1. The second-order valence-electron chi connectivity index (χ2n) is 6.61. The number of hydrogen-bond donors (Lipinski definition) is 0. The van der Waals surface area contributed by atoms with Crippen molar-refractivity contribution in [2.45, 2.75) is 31.7 Å². The molecule has 0 N–H and O–H groups in total. The summed E-state index contributed by atoms with van der Waals surface area (Å²) in [5.74, 6) is 0.773. The summed E-state index contributed by atoms with van der Waals surface area (Å²) >= 11 is 0.